The molecule has 2 heterocycles. The first kappa shape index (κ1) is 22.5. The lowest BCUT2D eigenvalue weighted by Gasteiger charge is -2.26. The number of benzene rings is 2. The van der Waals surface area contributed by atoms with Crippen LogP contribution in [0.25, 0.3) is 10.9 Å². The van der Waals surface area contributed by atoms with Crippen LogP contribution >= 0.6 is 0 Å². The van der Waals surface area contributed by atoms with Crippen LogP contribution in [-0.2, 0) is 24.3 Å². The predicted octanol–water partition coefficient (Wildman–Crippen LogP) is 2.78. The number of fused-ring (bicyclic) bond motifs is 1. The lowest BCUT2D eigenvalue weighted by molar-refractivity contribution is -0.148. The Morgan fingerprint density at radius 3 is 2.45 bits per heavy atom. The molecule has 1 amide bonds. The van der Waals surface area contributed by atoms with Crippen LogP contribution in [0.2, 0.25) is 0 Å². The third-order valence-electron chi connectivity index (χ3n) is 5.33. The fraction of sp³-hybridized carbons (Fsp3) is 0.208. The minimum Gasteiger partial charge on any atom is -0.465 e. The molecule has 0 saturated heterocycles. The van der Waals surface area contributed by atoms with Crippen LogP contribution in [0.3, 0.4) is 0 Å². The van der Waals surface area contributed by atoms with Crippen LogP contribution in [0, 0.1) is 0 Å². The van der Waals surface area contributed by atoms with Crippen LogP contribution in [0.15, 0.2) is 77.2 Å². The Morgan fingerprint density at radius 1 is 1.03 bits per heavy atom. The Labute approximate surface area is 191 Å². The maximum Gasteiger partial charge on any atom is 0.325 e. The molecule has 4 rings (SSSR count). The summed E-state index contributed by atoms with van der Waals surface area (Å²) in [5.41, 5.74) is 0.587. The molecule has 0 bridgehead atoms. The largest absolute Gasteiger partial charge is 0.465 e. The minimum absolute atomic E-state index is 0.0308. The van der Waals surface area contributed by atoms with E-state index in [1.165, 1.54) is 29.2 Å². The summed E-state index contributed by atoms with van der Waals surface area (Å²) >= 11 is 0. The molecule has 1 aliphatic rings. The molecule has 2 aromatic carbocycles. The van der Waals surface area contributed by atoms with Crippen molar-refractivity contribution in [1.82, 2.24) is 8.87 Å². The summed E-state index contributed by atoms with van der Waals surface area (Å²) in [7, 11) is -4.07. The molecule has 9 heteroatoms. The first-order valence-electron chi connectivity index (χ1n) is 10.4. The lowest BCUT2D eigenvalue weighted by Crippen LogP contribution is -2.41. The second kappa shape index (κ2) is 9.03. The van der Waals surface area contributed by atoms with Gasteiger partial charge in [0.25, 0.3) is 10.0 Å². The number of aromatic nitrogens is 1. The number of hydrogen-bond acceptors (Lipinski definition) is 6. The van der Waals surface area contributed by atoms with Gasteiger partial charge in [0, 0.05) is 23.9 Å². The number of carbonyl (C=O) groups is 3. The summed E-state index contributed by atoms with van der Waals surface area (Å²) in [6, 6.07) is 16.2. The number of nitrogens with zero attached hydrogens (tertiary/aromatic N) is 2. The van der Waals surface area contributed by atoms with Gasteiger partial charge in [0.15, 0.2) is 0 Å². The molecule has 0 radical (unpaired) electrons. The molecular weight excluding hydrogens is 444 g/mol. The molecule has 170 valence electrons. The van der Waals surface area contributed by atoms with Gasteiger partial charge in [-0.3, -0.25) is 14.4 Å². The van der Waals surface area contributed by atoms with E-state index in [1.54, 1.807) is 49.4 Å². The van der Waals surface area contributed by atoms with Crippen molar-refractivity contribution in [3.63, 3.8) is 0 Å². The number of esters is 1. The smallest absolute Gasteiger partial charge is 0.325 e. The normalized spacial score (nSPS) is 14.3. The standard InChI is InChI=1S/C24H22N2O6S/c1-2-32-23(28)16-25-15-18(12-13-22(25)27)24(29)21-14-17-8-6-7-11-20(17)26(21)33(30,31)19-9-4-3-5-10-19/h3-12,14H,2,13,15-16H2,1H3. The van der Waals surface area contributed by atoms with Crippen molar-refractivity contribution in [3.8, 4) is 0 Å². The van der Waals surface area contributed by atoms with Crippen LogP contribution < -0.4 is 0 Å². The van der Waals surface area contributed by atoms with E-state index in [0.717, 1.165) is 3.97 Å². The monoisotopic (exact) mass is 466 g/mol. The van der Waals surface area contributed by atoms with E-state index < -0.39 is 21.8 Å². The molecule has 0 fully saturated rings. The van der Waals surface area contributed by atoms with Crippen LogP contribution in [0.4, 0.5) is 0 Å². The van der Waals surface area contributed by atoms with E-state index in [-0.39, 0.29) is 48.2 Å². The molecule has 8 nitrogen and oxygen atoms in total. The van der Waals surface area contributed by atoms with Crippen molar-refractivity contribution < 1.29 is 27.5 Å². The number of carbonyl (C=O) groups excluding carboxylic acids is 3. The first-order valence-corrected chi connectivity index (χ1v) is 11.8. The van der Waals surface area contributed by atoms with Crippen LogP contribution in [0.1, 0.15) is 23.8 Å². The molecule has 3 aromatic rings. The van der Waals surface area contributed by atoms with Gasteiger partial charge < -0.3 is 9.64 Å². The van der Waals surface area contributed by atoms with Gasteiger partial charge in [0.1, 0.15) is 12.2 Å². The maximum atomic E-state index is 13.5. The average molecular weight is 467 g/mol. The fourth-order valence-electron chi connectivity index (χ4n) is 3.78. The van der Waals surface area contributed by atoms with Gasteiger partial charge in [0.05, 0.1) is 17.0 Å². The number of para-hydroxylation sites is 1. The summed E-state index contributed by atoms with van der Waals surface area (Å²) in [6.45, 7) is 1.46. The van der Waals surface area contributed by atoms with Gasteiger partial charge in [-0.15, -0.1) is 0 Å². The number of hydrogen-bond donors (Lipinski definition) is 0. The highest BCUT2D eigenvalue weighted by atomic mass is 32.2. The molecule has 0 aliphatic carbocycles. The number of Topliss-reactive ketones (excluding diaryl/α,β-unsaturated/α-hetero) is 1. The molecule has 0 saturated carbocycles. The summed E-state index contributed by atoms with van der Waals surface area (Å²) < 4.78 is 33.0. The van der Waals surface area contributed by atoms with Crippen molar-refractivity contribution in [2.45, 2.75) is 18.2 Å². The van der Waals surface area contributed by atoms with Gasteiger partial charge in [0.2, 0.25) is 11.7 Å². The van der Waals surface area contributed by atoms with E-state index in [4.69, 9.17) is 4.74 Å². The van der Waals surface area contributed by atoms with Gasteiger partial charge in [-0.25, -0.2) is 12.4 Å². The number of ketones is 1. The van der Waals surface area contributed by atoms with E-state index in [2.05, 4.69) is 0 Å². The van der Waals surface area contributed by atoms with Crippen molar-refractivity contribution in [2.75, 3.05) is 19.7 Å². The topological polar surface area (TPSA) is 103 Å². The molecule has 0 unspecified atom stereocenters. The Hall–Kier alpha value is -3.72. The third kappa shape index (κ3) is 4.31. The van der Waals surface area contributed by atoms with E-state index in [1.807, 2.05) is 0 Å². The number of amides is 1. The van der Waals surface area contributed by atoms with Crippen LogP contribution in [0.5, 0.6) is 0 Å². The molecule has 0 N–H and O–H groups in total. The Bertz CT molecular complexity index is 1370. The molecule has 1 aliphatic heterocycles. The van der Waals surface area contributed by atoms with Crippen molar-refractivity contribution in [2.24, 2.45) is 0 Å². The van der Waals surface area contributed by atoms with E-state index in [0.29, 0.717) is 10.9 Å². The fourth-order valence-corrected chi connectivity index (χ4v) is 5.31. The SMILES string of the molecule is CCOC(=O)CN1CC(C(=O)c2cc3ccccc3n2S(=O)(=O)c2ccccc2)=CCC1=O. The zero-order chi connectivity index (χ0) is 23.6. The molecular formula is C24H22N2O6S. The van der Waals surface area contributed by atoms with E-state index >= 15 is 0 Å². The Kier molecular flexibility index (Phi) is 6.15. The van der Waals surface area contributed by atoms with Gasteiger partial charge >= 0.3 is 5.97 Å². The number of ether oxygens (including phenoxy) is 1. The zero-order valence-electron chi connectivity index (χ0n) is 17.9. The highest BCUT2D eigenvalue weighted by Crippen LogP contribution is 2.28. The third-order valence-corrected chi connectivity index (χ3v) is 7.08. The molecule has 0 atom stereocenters. The van der Waals surface area contributed by atoms with Crippen molar-refractivity contribution >= 4 is 38.6 Å². The second-order valence-electron chi connectivity index (χ2n) is 7.49. The highest BCUT2D eigenvalue weighted by Gasteiger charge is 2.31. The summed E-state index contributed by atoms with van der Waals surface area (Å²) in [6.07, 6.45) is 1.43. The maximum absolute atomic E-state index is 13.5. The summed E-state index contributed by atoms with van der Waals surface area (Å²) in [5.74, 6) is -1.40. The van der Waals surface area contributed by atoms with Gasteiger partial charge in [-0.05, 0) is 31.2 Å². The Balaban J connectivity index is 1.76. The average Bonchev–Trinajstić information content (AvgIpc) is 3.21. The number of rotatable bonds is 7. The Morgan fingerprint density at radius 2 is 1.73 bits per heavy atom. The van der Waals surface area contributed by atoms with Gasteiger partial charge in [-0.1, -0.05) is 42.5 Å². The highest BCUT2D eigenvalue weighted by molar-refractivity contribution is 7.90. The van der Waals surface area contributed by atoms with Gasteiger partial charge in [-0.2, -0.15) is 0 Å². The summed E-state index contributed by atoms with van der Waals surface area (Å²) in [4.78, 5) is 38.9. The minimum atomic E-state index is -4.07. The molecule has 1 aromatic heterocycles. The van der Waals surface area contributed by atoms with Crippen molar-refractivity contribution in [3.05, 3.63) is 78.0 Å². The summed E-state index contributed by atoms with van der Waals surface area (Å²) in [5, 5.41) is 0.594. The zero-order valence-corrected chi connectivity index (χ0v) is 18.7. The predicted molar refractivity (Wildman–Crippen MR) is 121 cm³/mol. The molecule has 33 heavy (non-hydrogen) atoms. The van der Waals surface area contributed by atoms with Crippen LogP contribution in [-0.4, -0.2) is 54.6 Å². The van der Waals surface area contributed by atoms with Crippen molar-refractivity contribution in [1.29, 1.82) is 0 Å². The first-order chi connectivity index (χ1) is 15.8. The lowest BCUT2D eigenvalue weighted by atomic mass is 10.0. The quantitative estimate of drug-likeness (QED) is 0.392. The van der Waals surface area contributed by atoms with E-state index in [9.17, 15) is 22.8 Å². The molecule has 0 spiro atoms. The second-order valence-corrected chi connectivity index (χ2v) is 9.28.